The van der Waals surface area contributed by atoms with Gasteiger partial charge in [0.2, 0.25) is 15.9 Å². The molecule has 8 heteroatoms. The molecule has 6 nitrogen and oxygen atoms in total. The minimum absolute atomic E-state index is 0.177. The fourth-order valence-corrected chi connectivity index (χ4v) is 4.35. The quantitative estimate of drug-likeness (QED) is 0.637. The van der Waals surface area contributed by atoms with E-state index >= 15 is 0 Å². The van der Waals surface area contributed by atoms with Crippen molar-refractivity contribution >= 4 is 33.6 Å². The van der Waals surface area contributed by atoms with Gasteiger partial charge in [0.05, 0.1) is 4.90 Å². The average Bonchev–Trinajstić information content (AvgIpc) is 2.77. The Labute approximate surface area is 182 Å². The van der Waals surface area contributed by atoms with Crippen LogP contribution in [0.3, 0.4) is 0 Å². The van der Waals surface area contributed by atoms with Gasteiger partial charge in [0.25, 0.3) is 0 Å². The Bertz CT molecular complexity index is 996. The molecule has 0 radical (unpaired) electrons. The van der Waals surface area contributed by atoms with E-state index in [-0.39, 0.29) is 16.2 Å². The summed E-state index contributed by atoms with van der Waals surface area (Å²) >= 11 is 6.03. The molecular weight excluding hydrogens is 424 g/mol. The van der Waals surface area contributed by atoms with Crippen molar-refractivity contribution < 1.29 is 17.9 Å². The molecule has 0 bridgehead atoms. The highest BCUT2D eigenvalue weighted by molar-refractivity contribution is 7.89. The van der Waals surface area contributed by atoms with Gasteiger partial charge in [-0.1, -0.05) is 35.9 Å². The molecule has 3 rings (SSSR count). The molecule has 2 aromatic carbocycles. The summed E-state index contributed by atoms with van der Waals surface area (Å²) in [5.74, 6) is -0.207. The summed E-state index contributed by atoms with van der Waals surface area (Å²) in [4.78, 5) is 12.6. The summed E-state index contributed by atoms with van der Waals surface area (Å²) in [5.41, 5.74) is 1.69. The van der Waals surface area contributed by atoms with Crippen LogP contribution in [0.2, 0.25) is 5.02 Å². The van der Waals surface area contributed by atoms with Crippen molar-refractivity contribution in [2.75, 3.05) is 26.8 Å². The molecule has 0 aromatic heterocycles. The first-order chi connectivity index (χ1) is 14.3. The molecule has 1 amide bonds. The van der Waals surface area contributed by atoms with Gasteiger partial charge in [-0.2, -0.15) is 0 Å². The lowest BCUT2D eigenvalue weighted by Crippen LogP contribution is -2.44. The summed E-state index contributed by atoms with van der Waals surface area (Å²) < 4.78 is 31.3. The summed E-state index contributed by atoms with van der Waals surface area (Å²) in [7, 11) is -2.11. The standard InChI is InChI=1S/C22H25ClN2O4S/c1-24-30(27,28)20-9-2-17(3-10-20)4-11-21(26)25-16-22(12-14-29-15-13-22)18-5-7-19(23)8-6-18/h2-11,24H,12-16H2,1H3,(H,25,26)/b11-4+. The molecule has 2 aromatic rings. The topological polar surface area (TPSA) is 84.5 Å². The number of carbonyl (C=O) groups is 1. The summed E-state index contributed by atoms with van der Waals surface area (Å²) in [6.45, 7) is 1.80. The summed E-state index contributed by atoms with van der Waals surface area (Å²) in [6.07, 6.45) is 4.75. The third kappa shape index (κ3) is 5.49. The minimum atomic E-state index is -3.48. The zero-order valence-corrected chi connectivity index (χ0v) is 18.3. The number of hydrogen-bond donors (Lipinski definition) is 2. The van der Waals surface area contributed by atoms with Gasteiger partial charge in [-0.3, -0.25) is 4.79 Å². The number of nitrogens with one attached hydrogen (secondary N) is 2. The first-order valence-electron chi connectivity index (χ1n) is 9.68. The van der Waals surface area contributed by atoms with Gasteiger partial charge in [-0.05, 0) is 61.4 Å². The fourth-order valence-electron chi connectivity index (χ4n) is 3.50. The van der Waals surface area contributed by atoms with Crippen molar-refractivity contribution in [3.63, 3.8) is 0 Å². The third-order valence-corrected chi connectivity index (χ3v) is 7.08. The zero-order chi connectivity index (χ0) is 21.6. The smallest absolute Gasteiger partial charge is 0.244 e. The molecule has 0 atom stereocenters. The molecule has 0 saturated carbocycles. The maximum absolute atomic E-state index is 12.4. The molecule has 0 unspecified atom stereocenters. The van der Waals surface area contributed by atoms with E-state index in [2.05, 4.69) is 10.0 Å². The van der Waals surface area contributed by atoms with Crippen LogP contribution in [0.1, 0.15) is 24.0 Å². The SMILES string of the molecule is CNS(=O)(=O)c1ccc(/C=C/C(=O)NCC2(c3ccc(Cl)cc3)CCOCC2)cc1. The Morgan fingerprint density at radius 3 is 2.33 bits per heavy atom. The number of carbonyl (C=O) groups excluding carboxylic acids is 1. The molecule has 2 N–H and O–H groups in total. The van der Waals surface area contributed by atoms with Crippen LogP contribution >= 0.6 is 11.6 Å². The van der Waals surface area contributed by atoms with Gasteiger partial charge in [-0.25, -0.2) is 13.1 Å². The van der Waals surface area contributed by atoms with Gasteiger partial charge < -0.3 is 10.1 Å². The maximum Gasteiger partial charge on any atom is 0.244 e. The van der Waals surface area contributed by atoms with E-state index in [1.165, 1.54) is 25.3 Å². The van der Waals surface area contributed by atoms with Gasteiger partial charge in [-0.15, -0.1) is 0 Å². The highest BCUT2D eigenvalue weighted by Gasteiger charge is 2.34. The van der Waals surface area contributed by atoms with E-state index in [0.717, 1.165) is 24.0 Å². The fraction of sp³-hybridized carbons (Fsp3) is 0.318. The summed E-state index contributed by atoms with van der Waals surface area (Å²) in [6, 6.07) is 14.1. The lowest BCUT2D eigenvalue weighted by Gasteiger charge is -2.37. The van der Waals surface area contributed by atoms with E-state index in [4.69, 9.17) is 16.3 Å². The molecule has 0 aliphatic carbocycles. The number of hydrogen-bond acceptors (Lipinski definition) is 4. The van der Waals surface area contributed by atoms with E-state index < -0.39 is 10.0 Å². The van der Waals surface area contributed by atoms with E-state index in [0.29, 0.717) is 24.8 Å². The predicted molar refractivity (Wildman–Crippen MR) is 118 cm³/mol. The first kappa shape index (κ1) is 22.5. The third-order valence-electron chi connectivity index (χ3n) is 5.39. The largest absolute Gasteiger partial charge is 0.381 e. The molecule has 1 fully saturated rings. The lowest BCUT2D eigenvalue weighted by atomic mass is 9.74. The van der Waals surface area contributed by atoms with Crippen molar-refractivity contribution in [2.45, 2.75) is 23.2 Å². The van der Waals surface area contributed by atoms with Crippen LogP contribution in [0, 0.1) is 0 Å². The predicted octanol–water partition coefficient (Wildman–Crippen LogP) is 3.13. The van der Waals surface area contributed by atoms with Crippen molar-refractivity contribution in [2.24, 2.45) is 0 Å². The van der Waals surface area contributed by atoms with Crippen LogP contribution in [0.4, 0.5) is 0 Å². The van der Waals surface area contributed by atoms with Crippen molar-refractivity contribution in [3.8, 4) is 0 Å². The Morgan fingerprint density at radius 2 is 1.73 bits per heavy atom. The number of ether oxygens (including phenoxy) is 1. The molecule has 1 heterocycles. The Balaban J connectivity index is 1.65. The Morgan fingerprint density at radius 1 is 1.10 bits per heavy atom. The second-order valence-corrected chi connectivity index (χ2v) is 9.55. The normalized spacial score (nSPS) is 16.5. The van der Waals surface area contributed by atoms with Gasteiger partial charge in [0.1, 0.15) is 0 Å². The van der Waals surface area contributed by atoms with Crippen molar-refractivity contribution in [3.05, 3.63) is 70.8 Å². The van der Waals surface area contributed by atoms with Crippen molar-refractivity contribution in [1.82, 2.24) is 10.0 Å². The lowest BCUT2D eigenvalue weighted by molar-refractivity contribution is -0.116. The Kier molecular flexibility index (Phi) is 7.31. The van der Waals surface area contributed by atoms with Crippen LogP contribution in [-0.4, -0.2) is 41.1 Å². The number of benzene rings is 2. The van der Waals surface area contributed by atoms with Gasteiger partial charge in [0, 0.05) is 36.3 Å². The zero-order valence-electron chi connectivity index (χ0n) is 16.7. The highest BCUT2D eigenvalue weighted by Crippen LogP contribution is 2.34. The first-order valence-corrected chi connectivity index (χ1v) is 11.5. The summed E-state index contributed by atoms with van der Waals surface area (Å²) in [5, 5.41) is 3.68. The number of amides is 1. The molecule has 160 valence electrons. The molecule has 30 heavy (non-hydrogen) atoms. The van der Waals surface area contributed by atoms with E-state index in [1.807, 2.05) is 24.3 Å². The number of rotatable bonds is 7. The van der Waals surface area contributed by atoms with E-state index in [1.54, 1.807) is 18.2 Å². The molecule has 0 spiro atoms. The minimum Gasteiger partial charge on any atom is -0.381 e. The van der Waals surface area contributed by atoms with Crippen LogP contribution in [0.5, 0.6) is 0 Å². The Hall–Kier alpha value is -2.19. The van der Waals surface area contributed by atoms with Crippen LogP contribution in [-0.2, 0) is 25.0 Å². The van der Waals surface area contributed by atoms with Crippen molar-refractivity contribution in [1.29, 1.82) is 0 Å². The van der Waals surface area contributed by atoms with Crippen LogP contribution < -0.4 is 10.0 Å². The maximum atomic E-state index is 12.4. The second-order valence-electron chi connectivity index (χ2n) is 7.23. The van der Waals surface area contributed by atoms with Gasteiger partial charge in [0.15, 0.2) is 0 Å². The van der Waals surface area contributed by atoms with E-state index in [9.17, 15) is 13.2 Å². The van der Waals surface area contributed by atoms with Gasteiger partial charge >= 0.3 is 0 Å². The number of sulfonamides is 1. The molecule has 1 saturated heterocycles. The second kappa shape index (κ2) is 9.75. The van der Waals surface area contributed by atoms with Crippen LogP contribution in [0.25, 0.3) is 6.08 Å². The highest BCUT2D eigenvalue weighted by atomic mass is 35.5. The van der Waals surface area contributed by atoms with Crippen LogP contribution in [0.15, 0.2) is 59.5 Å². The number of halogens is 1. The average molecular weight is 449 g/mol. The molecule has 1 aliphatic rings. The molecular formula is C22H25ClN2O4S. The molecule has 1 aliphatic heterocycles. The monoisotopic (exact) mass is 448 g/mol.